The molecule has 0 radical (unpaired) electrons. The Labute approximate surface area is 251 Å². The first kappa shape index (κ1) is 26.9. The van der Waals surface area contributed by atoms with E-state index in [0.29, 0.717) is 0 Å². The lowest BCUT2D eigenvalue weighted by molar-refractivity contribution is 1.13. The molecule has 204 valence electrons. The fourth-order valence-corrected chi connectivity index (χ4v) is 10.6. The fourth-order valence-electron chi connectivity index (χ4n) is 5.95. The summed E-state index contributed by atoms with van der Waals surface area (Å²) in [6.07, 6.45) is 2.98. The van der Waals surface area contributed by atoms with Crippen LogP contribution in [0.1, 0.15) is 22.3 Å². The van der Waals surface area contributed by atoms with E-state index in [0.717, 1.165) is 18.7 Å². The molecule has 0 aliphatic carbocycles. The molecule has 0 unspecified atom stereocenters. The number of rotatable bonds is 8. The Kier molecular flexibility index (Phi) is 7.97. The fraction of sp³-hybridized carbons (Fsp3) is 0.0769. The summed E-state index contributed by atoms with van der Waals surface area (Å²) in [4.78, 5) is 0. The van der Waals surface area contributed by atoms with Crippen LogP contribution in [-0.2, 0) is 18.7 Å². The first-order valence-electron chi connectivity index (χ1n) is 14.6. The van der Waals surface area contributed by atoms with E-state index < -0.39 is 15.8 Å². The van der Waals surface area contributed by atoms with Crippen molar-refractivity contribution in [3.63, 3.8) is 0 Å². The van der Waals surface area contributed by atoms with Crippen molar-refractivity contribution in [2.75, 3.05) is 5.32 Å². The van der Waals surface area contributed by atoms with E-state index in [1.165, 1.54) is 54.8 Å². The maximum absolute atomic E-state index is 4.02. The second-order valence-corrected chi connectivity index (χ2v) is 15.1. The summed E-state index contributed by atoms with van der Waals surface area (Å²) in [6.45, 7) is 0. The van der Waals surface area contributed by atoms with Crippen molar-refractivity contribution in [2.45, 2.75) is 18.7 Å². The van der Waals surface area contributed by atoms with Gasteiger partial charge in [-0.05, 0) is 59.3 Å². The number of hydrogen-bond acceptors (Lipinski definition) is 1. The summed E-state index contributed by atoms with van der Waals surface area (Å²) in [5, 5.41) is 9.70. The molecule has 1 N–H and O–H groups in total. The molecule has 0 saturated heterocycles. The van der Waals surface area contributed by atoms with Gasteiger partial charge in [-0.15, -0.1) is 0 Å². The summed E-state index contributed by atoms with van der Waals surface area (Å²) in [6, 6.07) is 58.0. The molecule has 0 spiro atoms. The Morgan fingerprint density at radius 3 is 1.05 bits per heavy atom. The molecule has 1 heterocycles. The van der Waals surface area contributed by atoms with Crippen molar-refractivity contribution in [3.8, 4) is 0 Å². The van der Waals surface area contributed by atoms with Crippen molar-refractivity contribution in [2.24, 2.45) is 0 Å². The predicted octanol–water partition coefficient (Wildman–Crippen LogP) is 8.60. The van der Waals surface area contributed by atoms with Crippen LogP contribution >= 0.6 is 15.8 Å². The Bertz CT molecular complexity index is 1560. The van der Waals surface area contributed by atoms with Crippen LogP contribution in [0.2, 0.25) is 0 Å². The Morgan fingerprint density at radius 1 is 0.381 bits per heavy atom. The third-order valence-electron chi connectivity index (χ3n) is 8.03. The minimum Gasteiger partial charge on any atom is -0.355 e. The zero-order valence-electron chi connectivity index (χ0n) is 23.5. The van der Waals surface area contributed by atoms with Gasteiger partial charge in [-0.25, -0.2) is 0 Å². The first-order valence-corrected chi connectivity index (χ1v) is 17.6. The summed E-state index contributed by atoms with van der Waals surface area (Å²) in [5.41, 5.74) is 8.20. The molecular weight excluding hydrogens is 544 g/mol. The molecule has 0 bridgehead atoms. The van der Waals surface area contributed by atoms with E-state index in [2.05, 4.69) is 163 Å². The zero-order valence-corrected chi connectivity index (χ0v) is 25.3. The first-order chi connectivity index (χ1) is 20.8. The number of hydrogen-bond donors (Lipinski definition) is 1. The molecule has 0 amide bonds. The highest BCUT2D eigenvalue weighted by molar-refractivity contribution is 7.72. The van der Waals surface area contributed by atoms with Crippen LogP contribution in [0.5, 0.6) is 0 Å². The molecule has 6 aromatic rings. The molecule has 0 aromatic heterocycles. The maximum atomic E-state index is 4.02. The molecule has 6 aromatic carbocycles. The maximum Gasteiger partial charge on any atom is 0.0456 e. The summed E-state index contributed by atoms with van der Waals surface area (Å²) < 4.78 is 0. The van der Waals surface area contributed by atoms with Crippen molar-refractivity contribution in [1.29, 1.82) is 0 Å². The largest absolute Gasteiger partial charge is 0.355 e. The van der Waals surface area contributed by atoms with Crippen molar-refractivity contribution in [3.05, 3.63) is 180 Å². The third-order valence-corrected chi connectivity index (χ3v) is 13.0. The van der Waals surface area contributed by atoms with E-state index in [4.69, 9.17) is 0 Å². The number of anilines is 2. The SMILES string of the molecule is c1ccc(P(Cc2cccc3c2Nc2c(cccc2CP(c2ccccc2)c2ccccc2)C3)c2ccccc2)cc1. The molecular formula is C39H33NP2. The average Bonchev–Trinajstić information content (AvgIpc) is 3.07. The van der Waals surface area contributed by atoms with E-state index in [1.807, 2.05) is 0 Å². The minimum atomic E-state index is -0.529. The molecule has 1 aliphatic heterocycles. The van der Waals surface area contributed by atoms with Gasteiger partial charge in [-0.2, -0.15) is 0 Å². The van der Waals surface area contributed by atoms with Crippen LogP contribution in [0, 0.1) is 0 Å². The summed E-state index contributed by atoms with van der Waals surface area (Å²) in [5.74, 6) is 0. The van der Waals surface area contributed by atoms with E-state index in [-0.39, 0.29) is 0 Å². The van der Waals surface area contributed by atoms with Gasteiger partial charge < -0.3 is 5.32 Å². The van der Waals surface area contributed by atoms with Gasteiger partial charge in [0.15, 0.2) is 0 Å². The van der Waals surface area contributed by atoms with Gasteiger partial charge >= 0.3 is 0 Å². The standard InChI is InChI=1S/C39H33NP2/c1-5-19-34(20-6-1)41(35-21-7-2-8-22-35)28-32-17-13-15-30-27-31-16-14-18-33(39(31)40-38(30)32)29-42(36-23-9-3-10-24-36)37-25-11-4-12-26-37/h1-26,40H,27-29H2. The Balaban J connectivity index is 1.25. The highest BCUT2D eigenvalue weighted by Crippen LogP contribution is 2.46. The quantitative estimate of drug-likeness (QED) is 0.178. The van der Waals surface area contributed by atoms with Gasteiger partial charge in [0.2, 0.25) is 0 Å². The molecule has 1 nitrogen and oxygen atoms in total. The van der Waals surface area contributed by atoms with Gasteiger partial charge in [-0.1, -0.05) is 158 Å². The second-order valence-electron chi connectivity index (χ2n) is 10.7. The second kappa shape index (κ2) is 12.5. The van der Waals surface area contributed by atoms with Crippen LogP contribution < -0.4 is 26.5 Å². The topological polar surface area (TPSA) is 12.0 Å². The monoisotopic (exact) mass is 577 g/mol. The molecule has 0 fully saturated rings. The van der Waals surface area contributed by atoms with Crippen molar-refractivity contribution in [1.82, 2.24) is 0 Å². The highest BCUT2D eigenvalue weighted by atomic mass is 31.1. The molecule has 0 saturated carbocycles. The molecule has 42 heavy (non-hydrogen) atoms. The molecule has 3 heteroatoms. The number of benzene rings is 6. The lowest BCUT2D eigenvalue weighted by Crippen LogP contribution is -2.16. The predicted molar refractivity (Wildman–Crippen MR) is 185 cm³/mol. The number of para-hydroxylation sites is 2. The van der Waals surface area contributed by atoms with E-state index >= 15 is 0 Å². The van der Waals surface area contributed by atoms with Crippen LogP contribution in [0.4, 0.5) is 11.4 Å². The smallest absolute Gasteiger partial charge is 0.0456 e. The number of fused-ring (bicyclic) bond motifs is 2. The normalized spacial score (nSPS) is 12.0. The van der Waals surface area contributed by atoms with Crippen LogP contribution in [-0.4, -0.2) is 0 Å². The average molecular weight is 578 g/mol. The molecule has 0 atom stereocenters. The summed E-state index contributed by atoms with van der Waals surface area (Å²) in [7, 11) is -1.06. The third kappa shape index (κ3) is 5.69. The van der Waals surface area contributed by atoms with Crippen molar-refractivity contribution < 1.29 is 0 Å². The van der Waals surface area contributed by atoms with Gasteiger partial charge in [0.1, 0.15) is 0 Å². The minimum absolute atomic E-state index is 0.529. The van der Waals surface area contributed by atoms with Crippen LogP contribution in [0.3, 0.4) is 0 Å². The number of nitrogens with one attached hydrogen (secondary N) is 1. The van der Waals surface area contributed by atoms with Gasteiger partial charge in [0.05, 0.1) is 0 Å². The molecule has 1 aliphatic rings. The highest BCUT2D eigenvalue weighted by Gasteiger charge is 2.24. The Hall–Kier alpha value is -4.02. The van der Waals surface area contributed by atoms with E-state index in [9.17, 15) is 0 Å². The van der Waals surface area contributed by atoms with Gasteiger partial charge in [0, 0.05) is 30.1 Å². The Morgan fingerprint density at radius 2 is 0.714 bits per heavy atom. The van der Waals surface area contributed by atoms with Gasteiger partial charge in [0.25, 0.3) is 0 Å². The lowest BCUT2D eigenvalue weighted by atomic mass is 9.93. The summed E-state index contributed by atoms with van der Waals surface area (Å²) >= 11 is 0. The van der Waals surface area contributed by atoms with Crippen LogP contribution in [0.25, 0.3) is 0 Å². The van der Waals surface area contributed by atoms with Gasteiger partial charge in [-0.3, -0.25) is 0 Å². The van der Waals surface area contributed by atoms with E-state index in [1.54, 1.807) is 0 Å². The lowest BCUT2D eigenvalue weighted by Gasteiger charge is -2.29. The molecule has 7 rings (SSSR count). The van der Waals surface area contributed by atoms with Crippen LogP contribution in [0.15, 0.2) is 158 Å². The zero-order chi connectivity index (χ0) is 28.1. The van der Waals surface area contributed by atoms with Crippen molar-refractivity contribution >= 4 is 48.4 Å².